The first-order chi connectivity index (χ1) is 9.62. The number of hydrogen-bond acceptors (Lipinski definition) is 3. The first-order valence-electron chi connectivity index (χ1n) is 6.66. The second-order valence-electron chi connectivity index (χ2n) is 4.98. The minimum absolute atomic E-state index is 0.0583. The molecule has 1 fully saturated rings. The Morgan fingerprint density at radius 1 is 1.24 bits per heavy atom. The van der Waals surface area contributed by atoms with E-state index < -0.39 is 34.7 Å². The van der Waals surface area contributed by atoms with Crippen molar-refractivity contribution in [2.24, 2.45) is 5.92 Å². The van der Waals surface area contributed by atoms with Gasteiger partial charge in [0.25, 0.3) is 10.2 Å². The number of carboxylic acid groups (broad SMARTS) is 1. The quantitative estimate of drug-likeness (QED) is 0.689. The van der Waals surface area contributed by atoms with Crippen molar-refractivity contribution in [1.82, 2.24) is 9.03 Å². The van der Waals surface area contributed by atoms with Crippen molar-refractivity contribution in [2.45, 2.75) is 38.3 Å². The molecule has 1 heterocycles. The van der Waals surface area contributed by atoms with Crippen LogP contribution in [0.25, 0.3) is 0 Å². The van der Waals surface area contributed by atoms with Crippen molar-refractivity contribution < 1.29 is 31.5 Å². The Bertz CT molecular complexity index is 445. The Morgan fingerprint density at radius 2 is 1.81 bits per heavy atom. The van der Waals surface area contributed by atoms with Gasteiger partial charge in [0.2, 0.25) is 0 Å². The minimum Gasteiger partial charge on any atom is -0.481 e. The van der Waals surface area contributed by atoms with Crippen LogP contribution >= 0.6 is 0 Å². The molecule has 0 spiro atoms. The van der Waals surface area contributed by atoms with Crippen LogP contribution in [0.4, 0.5) is 13.2 Å². The number of halogens is 3. The number of carbonyl (C=O) groups is 1. The van der Waals surface area contributed by atoms with Crippen molar-refractivity contribution in [3.63, 3.8) is 0 Å². The Morgan fingerprint density at radius 3 is 2.29 bits per heavy atom. The number of rotatable bonds is 7. The van der Waals surface area contributed by atoms with E-state index in [4.69, 9.17) is 5.11 Å². The molecule has 0 radical (unpaired) electrons. The van der Waals surface area contributed by atoms with Gasteiger partial charge in [-0.15, -0.1) is 0 Å². The summed E-state index contributed by atoms with van der Waals surface area (Å²) in [6, 6.07) is 0. The highest BCUT2D eigenvalue weighted by molar-refractivity contribution is 7.87. The smallest absolute Gasteiger partial charge is 0.389 e. The summed E-state index contributed by atoms with van der Waals surface area (Å²) in [4.78, 5) is 10.8. The Labute approximate surface area is 121 Å². The fourth-order valence-corrected chi connectivity index (χ4v) is 3.36. The molecular weight excluding hydrogens is 313 g/mol. The van der Waals surface area contributed by atoms with E-state index >= 15 is 0 Å². The highest BCUT2D eigenvalue weighted by Crippen LogP contribution is 2.22. The molecule has 124 valence electrons. The molecule has 0 aromatic carbocycles. The number of hydrogen-bond donors (Lipinski definition) is 2. The summed E-state index contributed by atoms with van der Waals surface area (Å²) in [5, 5.41) is 8.82. The van der Waals surface area contributed by atoms with Crippen LogP contribution in [-0.2, 0) is 15.0 Å². The topological polar surface area (TPSA) is 86.7 Å². The van der Waals surface area contributed by atoms with Gasteiger partial charge in [-0.2, -0.15) is 25.9 Å². The number of aliphatic carboxylic acids is 1. The molecule has 0 unspecified atom stereocenters. The van der Waals surface area contributed by atoms with Crippen molar-refractivity contribution in [3.8, 4) is 0 Å². The maximum atomic E-state index is 11.9. The van der Waals surface area contributed by atoms with Gasteiger partial charge in [0.15, 0.2) is 0 Å². The largest absolute Gasteiger partial charge is 0.481 e. The molecule has 2 N–H and O–H groups in total. The zero-order valence-electron chi connectivity index (χ0n) is 11.4. The number of nitrogens with one attached hydrogen (secondary N) is 1. The van der Waals surface area contributed by atoms with Gasteiger partial charge in [-0.3, -0.25) is 4.79 Å². The summed E-state index contributed by atoms with van der Waals surface area (Å²) in [7, 11) is -3.74. The molecule has 0 aromatic rings. The zero-order chi connectivity index (χ0) is 16.1. The van der Waals surface area contributed by atoms with Crippen LogP contribution in [0, 0.1) is 5.92 Å². The van der Waals surface area contributed by atoms with Crippen molar-refractivity contribution in [3.05, 3.63) is 0 Å². The van der Waals surface area contributed by atoms with Crippen LogP contribution < -0.4 is 4.72 Å². The lowest BCUT2D eigenvalue weighted by molar-refractivity contribution is -0.143. The van der Waals surface area contributed by atoms with Crippen molar-refractivity contribution >= 4 is 16.2 Å². The van der Waals surface area contributed by atoms with Gasteiger partial charge in [-0.25, -0.2) is 4.72 Å². The molecule has 21 heavy (non-hydrogen) atoms. The summed E-state index contributed by atoms with van der Waals surface area (Å²) in [6.45, 7) is 0.154. The fraction of sp³-hybridized carbons (Fsp3) is 0.909. The van der Waals surface area contributed by atoms with Gasteiger partial charge < -0.3 is 5.11 Å². The van der Waals surface area contributed by atoms with Gasteiger partial charge in [0.05, 0.1) is 5.92 Å². The third kappa shape index (κ3) is 6.62. The molecule has 0 atom stereocenters. The molecule has 0 amide bonds. The summed E-state index contributed by atoms with van der Waals surface area (Å²) >= 11 is 0. The average molecular weight is 332 g/mol. The molecule has 1 aliphatic heterocycles. The van der Waals surface area contributed by atoms with Gasteiger partial charge in [-0.1, -0.05) is 0 Å². The Hall–Kier alpha value is -0.870. The van der Waals surface area contributed by atoms with Gasteiger partial charge in [0.1, 0.15) is 0 Å². The number of nitrogens with zero attached hydrogens (tertiary/aromatic N) is 1. The third-order valence-corrected chi connectivity index (χ3v) is 4.93. The molecule has 1 aliphatic rings. The number of carboxylic acids is 1. The van der Waals surface area contributed by atoms with Gasteiger partial charge >= 0.3 is 12.1 Å². The first-order valence-corrected chi connectivity index (χ1v) is 8.10. The lowest BCUT2D eigenvalue weighted by Gasteiger charge is -2.29. The Kier molecular flexibility index (Phi) is 6.41. The van der Waals surface area contributed by atoms with Crippen molar-refractivity contribution in [2.75, 3.05) is 19.6 Å². The molecule has 0 aliphatic carbocycles. The fourth-order valence-electron chi connectivity index (χ4n) is 2.09. The lowest BCUT2D eigenvalue weighted by Crippen LogP contribution is -2.46. The monoisotopic (exact) mass is 332 g/mol. The zero-order valence-corrected chi connectivity index (χ0v) is 12.2. The molecule has 0 bridgehead atoms. The van der Waals surface area contributed by atoms with E-state index in [0.29, 0.717) is 0 Å². The molecular formula is C11H19F3N2O4S. The van der Waals surface area contributed by atoms with Crippen LogP contribution in [0.2, 0.25) is 0 Å². The maximum Gasteiger partial charge on any atom is 0.389 e. The van der Waals surface area contributed by atoms with E-state index in [1.165, 1.54) is 0 Å². The molecule has 0 aromatic heterocycles. The van der Waals surface area contributed by atoms with Crippen LogP contribution in [0.1, 0.15) is 32.1 Å². The Balaban J connectivity index is 2.30. The summed E-state index contributed by atoms with van der Waals surface area (Å²) in [5.74, 6) is -1.48. The summed E-state index contributed by atoms with van der Waals surface area (Å²) in [5.41, 5.74) is 0. The lowest BCUT2D eigenvalue weighted by atomic mass is 9.99. The predicted octanol–water partition coefficient (Wildman–Crippen LogP) is 1.35. The SMILES string of the molecule is O=C(O)C1CCN(S(=O)(=O)NCCCCC(F)(F)F)CC1. The highest BCUT2D eigenvalue weighted by atomic mass is 32.2. The van der Waals surface area contributed by atoms with Crippen LogP contribution in [0.5, 0.6) is 0 Å². The van der Waals surface area contributed by atoms with Crippen LogP contribution in [0.3, 0.4) is 0 Å². The molecule has 6 nitrogen and oxygen atoms in total. The van der Waals surface area contributed by atoms with E-state index in [1.807, 2.05) is 0 Å². The minimum atomic E-state index is -4.22. The number of alkyl halides is 3. The number of unbranched alkanes of at least 4 members (excludes halogenated alkanes) is 1. The first kappa shape index (κ1) is 18.2. The molecule has 1 saturated heterocycles. The van der Waals surface area contributed by atoms with Crippen molar-refractivity contribution in [1.29, 1.82) is 0 Å². The third-order valence-electron chi connectivity index (χ3n) is 3.31. The predicted molar refractivity (Wildman–Crippen MR) is 68.8 cm³/mol. The second kappa shape index (κ2) is 7.41. The second-order valence-corrected chi connectivity index (χ2v) is 6.74. The van der Waals surface area contributed by atoms with E-state index in [1.54, 1.807) is 0 Å². The molecule has 0 saturated carbocycles. The average Bonchev–Trinajstić information content (AvgIpc) is 2.37. The van der Waals surface area contributed by atoms with Gasteiger partial charge in [0, 0.05) is 26.1 Å². The summed E-state index contributed by atoms with van der Waals surface area (Å²) < 4.78 is 62.9. The highest BCUT2D eigenvalue weighted by Gasteiger charge is 2.30. The summed E-state index contributed by atoms with van der Waals surface area (Å²) in [6.07, 6.45) is -4.71. The standard InChI is InChI=1S/C11H19F3N2O4S/c12-11(13,14)5-1-2-6-15-21(19,20)16-7-3-9(4-8-16)10(17)18/h9,15H,1-8H2,(H,17,18). The number of piperidine rings is 1. The molecule has 10 heteroatoms. The van der Waals surface area contributed by atoms with Crippen LogP contribution in [0.15, 0.2) is 0 Å². The van der Waals surface area contributed by atoms with E-state index in [0.717, 1.165) is 4.31 Å². The van der Waals surface area contributed by atoms with Crippen LogP contribution in [-0.4, -0.2) is 49.6 Å². The van der Waals surface area contributed by atoms with E-state index in [2.05, 4.69) is 4.72 Å². The van der Waals surface area contributed by atoms with Gasteiger partial charge in [-0.05, 0) is 25.7 Å². The van der Waals surface area contributed by atoms with E-state index in [-0.39, 0.29) is 45.3 Å². The maximum absolute atomic E-state index is 11.9. The normalized spacial score (nSPS) is 18.8. The van der Waals surface area contributed by atoms with E-state index in [9.17, 15) is 26.4 Å². The molecule has 1 rings (SSSR count).